The summed E-state index contributed by atoms with van der Waals surface area (Å²) in [6, 6.07) is 7.73. The third kappa shape index (κ3) is 4.49. The van der Waals surface area contributed by atoms with Crippen molar-refractivity contribution < 1.29 is 14.3 Å². The van der Waals surface area contributed by atoms with Crippen LogP contribution in [0.3, 0.4) is 0 Å². The molecule has 0 saturated heterocycles. The van der Waals surface area contributed by atoms with Gasteiger partial charge in [0.25, 0.3) is 0 Å². The van der Waals surface area contributed by atoms with Crippen molar-refractivity contribution in [3.63, 3.8) is 0 Å². The van der Waals surface area contributed by atoms with E-state index in [0.717, 1.165) is 17.6 Å². The first kappa shape index (κ1) is 14.7. The summed E-state index contributed by atoms with van der Waals surface area (Å²) in [7, 11) is 1.64. The molecule has 0 fully saturated rings. The fourth-order valence-electron chi connectivity index (χ4n) is 1.52. The van der Waals surface area contributed by atoms with Crippen LogP contribution in [0.2, 0.25) is 0 Å². The summed E-state index contributed by atoms with van der Waals surface area (Å²) >= 11 is 0. The monoisotopic (exact) mass is 250 g/mol. The van der Waals surface area contributed by atoms with E-state index in [1.165, 1.54) is 0 Å². The maximum atomic E-state index is 11.0. The molecule has 1 atom stereocenters. The standard InChI is InChI=1S/C15H22O3/c1-15(2,3)13(9-16)11-18-10-12-5-7-14(17-4)8-6-12/h5-9,13H,10-11H2,1-4H3/t13-/m1/s1. The maximum absolute atomic E-state index is 11.0. The highest BCUT2D eigenvalue weighted by atomic mass is 16.5. The Balaban J connectivity index is 2.43. The molecule has 18 heavy (non-hydrogen) atoms. The number of carbonyl (C=O) groups is 1. The number of hydrogen-bond donors (Lipinski definition) is 0. The highest BCUT2D eigenvalue weighted by molar-refractivity contribution is 5.54. The van der Waals surface area contributed by atoms with Crippen LogP contribution in [0.1, 0.15) is 26.3 Å². The van der Waals surface area contributed by atoms with Gasteiger partial charge in [0, 0.05) is 5.92 Å². The minimum absolute atomic E-state index is 0.0539. The Labute approximate surface area is 109 Å². The van der Waals surface area contributed by atoms with Crippen molar-refractivity contribution in [3.8, 4) is 5.75 Å². The largest absolute Gasteiger partial charge is 0.497 e. The molecule has 0 aliphatic rings. The molecular formula is C15H22O3. The Bertz CT molecular complexity index is 362. The van der Waals surface area contributed by atoms with E-state index in [1.807, 2.05) is 45.0 Å². The van der Waals surface area contributed by atoms with Crippen molar-refractivity contribution in [2.45, 2.75) is 27.4 Å². The van der Waals surface area contributed by atoms with Gasteiger partial charge >= 0.3 is 0 Å². The van der Waals surface area contributed by atoms with Gasteiger partial charge in [-0.05, 0) is 23.1 Å². The Hall–Kier alpha value is -1.35. The SMILES string of the molecule is COc1ccc(COC[C@@H](C=O)C(C)(C)C)cc1. The Morgan fingerprint density at radius 2 is 1.83 bits per heavy atom. The van der Waals surface area contributed by atoms with Gasteiger partial charge in [-0.3, -0.25) is 0 Å². The fraction of sp³-hybridized carbons (Fsp3) is 0.533. The van der Waals surface area contributed by atoms with Crippen LogP contribution in [0.5, 0.6) is 5.75 Å². The minimum atomic E-state index is -0.0734. The molecule has 1 aromatic rings. The van der Waals surface area contributed by atoms with Gasteiger partial charge < -0.3 is 14.3 Å². The molecule has 0 saturated carbocycles. The van der Waals surface area contributed by atoms with Crippen molar-refractivity contribution in [1.29, 1.82) is 0 Å². The number of aldehydes is 1. The molecule has 3 heteroatoms. The molecule has 0 aliphatic carbocycles. The average Bonchev–Trinajstić information content (AvgIpc) is 2.34. The van der Waals surface area contributed by atoms with E-state index < -0.39 is 0 Å². The van der Waals surface area contributed by atoms with Crippen molar-refractivity contribution in [3.05, 3.63) is 29.8 Å². The lowest BCUT2D eigenvalue weighted by molar-refractivity contribution is -0.116. The zero-order valence-corrected chi connectivity index (χ0v) is 11.6. The highest BCUT2D eigenvalue weighted by Crippen LogP contribution is 2.24. The second kappa shape index (κ2) is 6.55. The number of ether oxygens (including phenoxy) is 2. The second-order valence-electron chi connectivity index (χ2n) is 5.47. The molecule has 0 heterocycles. The van der Waals surface area contributed by atoms with Gasteiger partial charge in [0.2, 0.25) is 0 Å². The summed E-state index contributed by atoms with van der Waals surface area (Å²) in [4.78, 5) is 11.0. The van der Waals surface area contributed by atoms with Crippen LogP contribution in [0.4, 0.5) is 0 Å². The van der Waals surface area contributed by atoms with Gasteiger partial charge in [0.1, 0.15) is 12.0 Å². The summed E-state index contributed by atoms with van der Waals surface area (Å²) in [6.07, 6.45) is 0.980. The minimum Gasteiger partial charge on any atom is -0.497 e. The Kier molecular flexibility index (Phi) is 5.35. The van der Waals surface area contributed by atoms with Crippen LogP contribution in [-0.4, -0.2) is 20.0 Å². The number of rotatable bonds is 6. The molecule has 0 amide bonds. The van der Waals surface area contributed by atoms with Crippen LogP contribution < -0.4 is 4.74 Å². The lowest BCUT2D eigenvalue weighted by Crippen LogP contribution is -2.26. The number of carbonyl (C=O) groups excluding carboxylic acids is 1. The van der Waals surface area contributed by atoms with Crippen LogP contribution in [0, 0.1) is 11.3 Å². The van der Waals surface area contributed by atoms with Crippen molar-refractivity contribution in [2.24, 2.45) is 11.3 Å². The van der Waals surface area contributed by atoms with Gasteiger partial charge in [-0.2, -0.15) is 0 Å². The van der Waals surface area contributed by atoms with E-state index in [2.05, 4.69) is 0 Å². The summed E-state index contributed by atoms with van der Waals surface area (Å²) in [5.74, 6) is 0.759. The molecule has 0 N–H and O–H groups in total. The van der Waals surface area contributed by atoms with Crippen LogP contribution in [0.15, 0.2) is 24.3 Å². The zero-order valence-electron chi connectivity index (χ0n) is 11.6. The lowest BCUT2D eigenvalue weighted by Gasteiger charge is -2.25. The van der Waals surface area contributed by atoms with Crippen LogP contribution in [-0.2, 0) is 16.1 Å². The van der Waals surface area contributed by atoms with Crippen LogP contribution in [0.25, 0.3) is 0 Å². The Morgan fingerprint density at radius 3 is 2.28 bits per heavy atom. The van der Waals surface area contributed by atoms with Gasteiger partial charge in [0.15, 0.2) is 0 Å². The normalized spacial score (nSPS) is 13.1. The summed E-state index contributed by atoms with van der Waals surface area (Å²) in [5.41, 5.74) is 1.02. The highest BCUT2D eigenvalue weighted by Gasteiger charge is 2.24. The fourth-order valence-corrected chi connectivity index (χ4v) is 1.52. The lowest BCUT2D eigenvalue weighted by atomic mass is 9.82. The molecule has 3 nitrogen and oxygen atoms in total. The van der Waals surface area contributed by atoms with Crippen LogP contribution >= 0.6 is 0 Å². The number of methoxy groups -OCH3 is 1. The van der Waals surface area contributed by atoms with Gasteiger partial charge in [-0.25, -0.2) is 0 Å². The van der Waals surface area contributed by atoms with E-state index in [1.54, 1.807) is 7.11 Å². The van der Waals surface area contributed by atoms with Gasteiger partial charge in [-0.15, -0.1) is 0 Å². The van der Waals surface area contributed by atoms with Crippen molar-refractivity contribution in [1.82, 2.24) is 0 Å². The molecule has 1 aromatic carbocycles. The smallest absolute Gasteiger partial charge is 0.125 e. The summed E-state index contributed by atoms with van der Waals surface area (Å²) < 4.78 is 10.7. The molecule has 0 aromatic heterocycles. The molecule has 1 rings (SSSR count). The molecule has 0 unspecified atom stereocenters. The first-order chi connectivity index (χ1) is 8.47. The zero-order chi connectivity index (χ0) is 13.6. The van der Waals surface area contributed by atoms with Gasteiger partial charge in [-0.1, -0.05) is 32.9 Å². The number of benzene rings is 1. The predicted octanol–water partition coefficient (Wildman–Crippen LogP) is 3.07. The Morgan fingerprint density at radius 1 is 1.22 bits per heavy atom. The third-order valence-corrected chi connectivity index (χ3v) is 3.00. The van der Waals surface area contributed by atoms with E-state index in [-0.39, 0.29) is 11.3 Å². The molecule has 0 radical (unpaired) electrons. The van der Waals surface area contributed by atoms with Crippen molar-refractivity contribution in [2.75, 3.05) is 13.7 Å². The summed E-state index contributed by atoms with van der Waals surface area (Å²) in [5, 5.41) is 0. The molecule has 0 aliphatic heterocycles. The molecular weight excluding hydrogens is 228 g/mol. The molecule has 0 bridgehead atoms. The van der Waals surface area contributed by atoms with Crippen molar-refractivity contribution >= 4 is 6.29 Å². The van der Waals surface area contributed by atoms with E-state index in [4.69, 9.17) is 9.47 Å². The maximum Gasteiger partial charge on any atom is 0.125 e. The average molecular weight is 250 g/mol. The third-order valence-electron chi connectivity index (χ3n) is 3.00. The first-order valence-electron chi connectivity index (χ1n) is 6.13. The van der Waals surface area contributed by atoms with E-state index >= 15 is 0 Å². The molecule has 100 valence electrons. The second-order valence-corrected chi connectivity index (χ2v) is 5.47. The number of hydrogen-bond acceptors (Lipinski definition) is 3. The first-order valence-corrected chi connectivity index (χ1v) is 6.13. The van der Waals surface area contributed by atoms with E-state index in [9.17, 15) is 4.79 Å². The van der Waals surface area contributed by atoms with E-state index in [0.29, 0.717) is 13.2 Å². The molecule has 0 spiro atoms. The quantitative estimate of drug-likeness (QED) is 0.728. The topological polar surface area (TPSA) is 35.5 Å². The predicted molar refractivity (Wildman–Crippen MR) is 71.7 cm³/mol. The summed E-state index contributed by atoms with van der Waals surface area (Å²) in [6.45, 7) is 7.11. The van der Waals surface area contributed by atoms with Gasteiger partial charge in [0.05, 0.1) is 20.3 Å².